The van der Waals surface area contributed by atoms with E-state index in [4.69, 9.17) is 9.73 Å². The fourth-order valence-electron chi connectivity index (χ4n) is 3.48. The van der Waals surface area contributed by atoms with E-state index in [1.54, 1.807) is 0 Å². The summed E-state index contributed by atoms with van der Waals surface area (Å²) in [6.07, 6.45) is 8.74. The topological polar surface area (TPSA) is 48.9 Å². The quantitative estimate of drug-likeness (QED) is 0.394. The number of rotatable bonds is 5. The van der Waals surface area contributed by atoms with E-state index in [1.165, 1.54) is 32.1 Å². The molecule has 5 nitrogen and oxygen atoms in total. The van der Waals surface area contributed by atoms with E-state index in [0.29, 0.717) is 6.04 Å². The third-order valence-electron chi connectivity index (χ3n) is 5.19. The van der Waals surface area contributed by atoms with Crippen LogP contribution in [-0.4, -0.2) is 62.8 Å². The maximum atomic E-state index is 5.54. The number of nitrogens with one attached hydrogen (secondary N) is 2. The van der Waals surface area contributed by atoms with Crippen LogP contribution in [0.15, 0.2) is 4.99 Å². The van der Waals surface area contributed by atoms with Crippen molar-refractivity contribution in [1.29, 1.82) is 0 Å². The lowest BCUT2D eigenvalue weighted by molar-refractivity contribution is -0.00255. The van der Waals surface area contributed by atoms with Gasteiger partial charge in [-0.25, -0.2) is 0 Å². The van der Waals surface area contributed by atoms with Gasteiger partial charge in [-0.3, -0.25) is 4.99 Å². The number of guanidine groups is 1. The first kappa shape index (κ1) is 21.0. The Morgan fingerprint density at radius 2 is 1.83 bits per heavy atom. The van der Waals surface area contributed by atoms with Crippen molar-refractivity contribution in [2.45, 2.75) is 63.5 Å². The summed E-state index contributed by atoms with van der Waals surface area (Å²) < 4.78 is 5.54. The molecule has 0 spiro atoms. The molecule has 1 aliphatic carbocycles. The Balaban J connectivity index is 0.00000264. The number of halogens is 1. The van der Waals surface area contributed by atoms with E-state index in [9.17, 15) is 0 Å². The van der Waals surface area contributed by atoms with E-state index < -0.39 is 0 Å². The largest absolute Gasteiger partial charge is 0.381 e. The highest BCUT2D eigenvalue weighted by Gasteiger charge is 2.34. The molecule has 2 fully saturated rings. The van der Waals surface area contributed by atoms with E-state index in [2.05, 4.69) is 36.6 Å². The molecule has 1 saturated heterocycles. The summed E-state index contributed by atoms with van der Waals surface area (Å²) in [4.78, 5) is 7.26. The Kier molecular flexibility index (Phi) is 9.77. The Morgan fingerprint density at radius 3 is 2.39 bits per heavy atom. The molecule has 0 radical (unpaired) electrons. The third kappa shape index (κ3) is 6.38. The number of likely N-dealkylation sites (N-methyl/N-ethyl adjacent to an activating group) is 1. The van der Waals surface area contributed by atoms with Gasteiger partial charge in [-0.2, -0.15) is 0 Å². The van der Waals surface area contributed by atoms with Crippen molar-refractivity contribution in [3.8, 4) is 0 Å². The van der Waals surface area contributed by atoms with Gasteiger partial charge in [0.25, 0.3) is 0 Å². The van der Waals surface area contributed by atoms with E-state index in [1.807, 2.05) is 0 Å². The zero-order valence-electron chi connectivity index (χ0n) is 15.1. The molecule has 23 heavy (non-hydrogen) atoms. The predicted octanol–water partition coefficient (Wildman–Crippen LogP) is 2.60. The molecule has 2 rings (SSSR count). The first-order valence-electron chi connectivity index (χ1n) is 8.96. The zero-order valence-corrected chi connectivity index (χ0v) is 17.4. The van der Waals surface area contributed by atoms with Gasteiger partial charge in [0.05, 0.1) is 6.54 Å². The van der Waals surface area contributed by atoms with Gasteiger partial charge in [-0.05, 0) is 46.7 Å². The molecule has 0 bridgehead atoms. The van der Waals surface area contributed by atoms with Crippen LogP contribution < -0.4 is 10.6 Å². The molecule has 0 unspecified atom stereocenters. The van der Waals surface area contributed by atoms with Gasteiger partial charge < -0.3 is 20.3 Å². The van der Waals surface area contributed by atoms with Gasteiger partial charge in [-0.15, -0.1) is 24.0 Å². The van der Waals surface area contributed by atoms with Crippen LogP contribution in [0.1, 0.15) is 51.9 Å². The lowest BCUT2D eigenvalue weighted by atomic mass is 9.89. The molecule has 1 saturated carbocycles. The summed E-state index contributed by atoms with van der Waals surface area (Å²) >= 11 is 0. The second-order valence-electron chi connectivity index (χ2n) is 6.91. The van der Waals surface area contributed by atoms with Crippen LogP contribution in [0.5, 0.6) is 0 Å². The van der Waals surface area contributed by atoms with Crippen LogP contribution in [0.4, 0.5) is 0 Å². The maximum Gasteiger partial charge on any atom is 0.191 e. The highest BCUT2D eigenvalue weighted by molar-refractivity contribution is 14.0. The second-order valence-corrected chi connectivity index (χ2v) is 6.91. The second kappa shape index (κ2) is 10.7. The number of ether oxygens (including phenoxy) is 1. The van der Waals surface area contributed by atoms with Crippen LogP contribution in [0, 0.1) is 0 Å². The SMILES string of the molecule is CCNC(=NCC1(N(C)C)CCOCC1)NC1CCCCC1.I. The molecule has 1 heterocycles. The van der Waals surface area contributed by atoms with Gasteiger partial charge in [0.2, 0.25) is 0 Å². The molecule has 0 amide bonds. The van der Waals surface area contributed by atoms with Crippen molar-refractivity contribution in [2.24, 2.45) is 4.99 Å². The van der Waals surface area contributed by atoms with Gasteiger partial charge in [0.1, 0.15) is 0 Å². The highest BCUT2D eigenvalue weighted by Crippen LogP contribution is 2.26. The molecular formula is C17H35IN4O. The summed E-state index contributed by atoms with van der Waals surface area (Å²) in [7, 11) is 4.34. The van der Waals surface area contributed by atoms with Crippen LogP contribution in [0.3, 0.4) is 0 Å². The monoisotopic (exact) mass is 438 g/mol. The van der Waals surface area contributed by atoms with Crippen LogP contribution in [0.25, 0.3) is 0 Å². The van der Waals surface area contributed by atoms with Crippen molar-refractivity contribution in [2.75, 3.05) is 40.4 Å². The number of nitrogens with zero attached hydrogens (tertiary/aromatic N) is 2. The summed E-state index contributed by atoms with van der Waals surface area (Å²) in [6.45, 7) is 5.58. The number of aliphatic imine (C=N–C) groups is 1. The summed E-state index contributed by atoms with van der Waals surface area (Å²) in [5, 5.41) is 7.06. The third-order valence-corrected chi connectivity index (χ3v) is 5.19. The first-order valence-corrected chi connectivity index (χ1v) is 8.96. The van der Waals surface area contributed by atoms with Crippen LogP contribution in [-0.2, 0) is 4.74 Å². The van der Waals surface area contributed by atoms with Gasteiger partial charge in [0.15, 0.2) is 5.96 Å². The highest BCUT2D eigenvalue weighted by atomic mass is 127. The molecule has 0 aromatic heterocycles. The van der Waals surface area contributed by atoms with Gasteiger partial charge in [0, 0.05) is 31.3 Å². The Morgan fingerprint density at radius 1 is 1.17 bits per heavy atom. The Labute approximate surface area is 159 Å². The van der Waals surface area contributed by atoms with Crippen molar-refractivity contribution in [3.05, 3.63) is 0 Å². The van der Waals surface area contributed by atoms with Crippen LogP contribution in [0.2, 0.25) is 0 Å². The number of hydrogen-bond donors (Lipinski definition) is 2. The smallest absolute Gasteiger partial charge is 0.191 e. The standard InChI is InChI=1S/C17H34N4O.HI/c1-4-18-16(20-15-8-6-5-7-9-15)19-14-17(21(2)3)10-12-22-13-11-17;/h15H,4-14H2,1-3H3,(H2,18,19,20);1H. The molecule has 6 heteroatoms. The number of hydrogen-bond acceptors (Lipinski definition) is 3. The Bertz CT molecular complexity index is 351. The minimum absolute atomic E-state index is 0. The minimum Gasteiger partial charge on any atom is -0.381 e. The van der Waals surface area contributed by atoms with Crippen molar-refractivity contribution in [3.63, 3.8) is 0 Å². The Hall–Kier alpha value is -0.0800. The first-order chi connectivity index (χ1) is 10.7. The molecule has 2 N–H and O–H groups in total. The fourth-order valence-corrected chi connectivity index (χ4v) is 3.48. The molecule has 0 aromatic carbocycles. The minimum atomic E-state index is 0. The van der Waals surface area contributed by atoms with E-state index in [-0.39, 0.29) is 29.5 Å². The molecule has 136 valence electrons. The van der Waals surface area contributed by atoms with Crippen molar-refractivity contribution in [1.82, 2.24) is 15.5 Å². The van der Waals surface area contributed by atoms with Crippen LogP contribution >= 0.6 is 24.0 Å². The summed E-state index contributed by atoms with van der Waals surface area (Å²) in [5.41, 5.74) is 0.146. The van der Waals surface area contributed by atoms with Crippen molar-refractivity contribution < 1.29 is 4.74 Å². The van der Waals surface area contributed by atoms with E-state index >= 15 is 0 Å². The van der Waals surface area contributed by atoms with E-state index in [0.717, 1.165) is 45.1 Å². The molecule has 1 aliphatic heterocycles. The summed E-state index contributed by atoms with van der Waals surface area (Å²) in [6, 6.07) is 0.594. The molecule has 0 aromatic rings. The zero-order chi connectivity index (χ0) is 15.8. The van der Waals surface area contributed by atoms with Gasteiger partial charge in [-0.1, -0.05) is 19.3 Å². The normalized spacial score (nSPS) is 22.5. The molecule has 0 atom stereocenters. The van der Waals surface area contributed by atoms with Gasteiger partial charge >= 0.3 is 0 Å². The van der Waals surface area contributed by atoms with Crippen molar-refractivity contribution >= 4 is 29.9 Å². The predicted molar refractivity (Wildman–Crippen MR) is 108 cm³/mol. The lowest BCUT2D eigenvalue weighted by Gasteiger charge is -2.41. The average molecular weight is 438 g/mol. The lowest BCUT2D eigenvalue weighted by Crippen LogP contribution is -2.52. The summed E-state index contributed by atoms with van der Waals surface area (Å²) in [5.74, 6) is 0.988. The maximum absolute atomic E-state index is 5.54. The average Bonchev–Trinajstić information content (AvgIpc) is 2.54. The molecular weight excluding hydrogens is 403 g/mol. The fraction of sp³-hybridized carbons (Fsp3) is 0.941. The molecule has 2 aliphatic rings.